The van der Waals surface area contributed by atoms with Gasteiger partial charge in [-0.05, 0) is 56.1 Å². The maximum atomic E-state index is 12.5. The number of carbonyl (C=O) groups excluding carboxylic acids is 1. The fraction of sp³-hybridized carbons (Fsp3) is 0.304. The number of aromatic amines is 1. The fourth-order valence-corrected chi connectivity index (χ4v) is 2.91. The molecule has 9 heteroatoms. The Morgan fingerprint density at radius 1 is 1.03 bits per heavy atom. The maximum Gasteiger partial charge on any atom is 0.256 e. The van der Waals surface area contributed by atoms with Crippen LogP contribution in [0.25, 0.3) is 0 Å². The van der Waals surface area contributed by atoms with E-state index >= 15 is 0 Å². The van der Waals surface area contributed by atoms with Crippen molar-refractivity contribution in [1.82, 2.24) is 15.1 Å². The quantitative estimate of drug-likeness (QED) is 0.422. The number of aromatic nitrogens is 2. The number of nitrogens with one attached hydrogen (secondary N) is 3. The first-order chi connectivity index (χ1) is 15.5. The molecule has 0 aliphatic carbocycles. The summed E-state index contributed by atoms with van der Waals surface area (Å²) in [6.45, 7) is 2.03. The zero-order chi connectivity index (χ0) is 22.9. The number of ether oxygens (including phenoxy) is 3. The minimum absolute atomic E-state index is 0.238. The molecule has 3 rings (SSSR count). The minimum atomic E-state index is -0.238. The molecule has 0 unspecified atom stereocenters. The smallest absolute Gasteiger partial charge is 0.256 e. The predicted octanol–water partition coefficient (Wildman–Crippen LogP) is 3.23. The Morgan fingerprint density at radius 2 is 1.72 bits per heavy atom. The van der Waals surface area contributed by atoms with E-state index in [0.717, 1.165) is 24.3 Å². The Kier molecular flexibility index (Phi) is 7.93. The lowest BCUT2D eigenvalue weighted by Crippen LogP contribution is -2.20. The first-order valence-electron chi connectivity index (χ1n) is 10.2. The second kappa shape index (κ2) is 11.1. The largest absolute Gasteiger partial charge is 0.497 e. The molecule has 0 saturated carbocycles. The predicted molar refractivity (Wildman–Crippen MR) is 124 cm³/mol. The van der Waals surface area contributed by atoms with E-state index in [1.54, 1.807) is 38.5 Å². The van der Waals surface area contributed by atoms with Crippen LogP contribution in [0, 0.1) is 0 Å². The molecule has 3 N–H and O–H groups in total. The topological polar surface area (TPSA) is 101 Å². The van der Waals surface area contributed by atoms with Crippen molar-refractivity contribution in [3.8, 4) is 17.4 Å². The van der Waals surface area contributed by atoms with Crippen molar-refractivity contribution >= 4 is 17.4 Å². The number of nitrogens with zero attached hydrogens (tertiary/aromatic N) is 2. The lowest BCUT2D eigenvalue weighted by molar-refractivity contribution is 0.102. The molecule has 0 aliphatic heterocycles. The van der Waals surface area contributed by atoms with E-state index in [-0.39, 0.29) is 12.5 Å². The van der Waals surface area contributed by atoms with E-state index in [9.17, 15) is 4.79 Å². The normalized spacial score (nSPS) is 10.7. The van der Waals surface area contributed by atoms with Crippen molar-refractivity contribution in [1.29, 1.82) is 0 Å². The summed E-state index contributed by atoms with van der Waals surface area (Å²) in [4.78, 5) is 14.6. The van der Waals surface area contributed by atoms with Gasteiger partial charge in [0.2, 0.25) is 5.88 Å². The van der Waals surface area contributed by atoms with Crippen LogP contribution in [0.1, 0.15) is 15.9 Å². The molecule has 0 radical (unpaired) electrons. The lowest BCUT2D eigenvalue weighted by Gasteiger charge is -2.11. The highest BCUT2D eigenvalue weighted by molar-refractivity contribution is 6.04. The lowest BCUT2D eigenvalue weighted by atomic mass is 10.2. The second-order valence-corrected chi connectivity index (χ2v) is 7.39. The number of H-pyrrole nitrogens is 1. The fourth-order valence-electron chi connectivity index (χ4n) is 2.91. The Morgan fingerprint density at radius 3 is 2.34 bits per heavy atom. The number of anilines is 2. The van der Waals surface area contributed by atoms with Gasteiger partial charge in [-0.15, -0.1) is 5.10 Å². The van der Waals surface area contributed by atoms with E-state index < -0.39 is 0 Å². The van der Waals surface area contributed by atoms with Crippen LogP contribution in [0.5, 0.6) is 17.4 Å². The highest BCUT2D eigenvalue weighted by Crippen LogP contribution is 2.24. The third kappa shape index (κ3) is 6.64. The molecular weight excluding hydrogens is 410 g/mol. The van der Waals surface area contributed by atoms with Gasteiger partial charge in [0.25, 0.3) is 5.91 Å². The van der Waals surface area contributed by atoms with Gasteiger partial charge >= 0.3 is 0 Å². The van der Waals surface area contributed by atoms with Crippen molar-refractivity contribution in [3.05, 3.63) is 59.7 Å². The van der Waals surface area contributed by atoms with Gasteiger partial charge in [-0.3, -0.25) is 9.89 Å². The van der Waals surface area contributed by atoms with Gasteiger partial charge in [-0.2, -0.15) is 0 Å². The molecule has 32 heavy (non-hydrogen) atoms. The van der Waals surface area contributed by atoms with E-state index in [2.05, 4.69) is 25.7 Å². The van der Waals surface area contributed by atoms with Gasteiger partial charge in [-0.25, -0.2) is 0 Å². The zero-order valence-corrected chi connectivity index (χ0v) is 18.8. The monoisotopic (exact) mass is 439 g/mol. The average molecular weight is 440 g/mol. The standard InChI is InChI=1S/C23H29N5O4/c1-28(2)10-9-24-18-7-5-17(6-8-18)23(29)25-21-14-22(27-26-21)32-15-16-11-19(30-3)13-20(12-16)31-4/h5-8,11-14,24H,9-10,15H2,1-4H3,(H2,25,26,27,29). The van der Waals surface area contributed by atoms with Crippen molar-refractivity contribution < 1.29 is 19.0 Å². The summed E-state index contributed by atoms with van der Waals surface area (Å²) in [6.07, 6.45) is 0. The number of methoxy groups -OCH3 is 2. The molecule has 1 amide bonds. The summed E-state index contributed by atoms with van der Waals surface area (Å²) in [6, 6.07) is 14.5. The summed E-state index contributed by atoms with van der Waals surface area (Å²) in [7, 11) is 7.24. The summed E-state index contributed by atoms with van der Waals surface area (Å²) < 4.78 is 16.2. The number of rotatable bonds is 11. The van der Waals surface area contributed by atoms with Gasteiger partial charge in [-0.1, -0.05) is 0 Å². The number of carbonyl (C=O) groups is 1. The summed E-state index contributed by atoms with van der Waals surface area (Å²) in [5.41, 5.74) is 2.38. The van der Waals surface area contributed by atoms with Crippen LogP contribution in [-0.2, 0) is 6.61 Å². The summed E-state index contributed by atoms with van der Waals surface area (Å²) in [5.74, 6) is 1.93. The molecule has 0 atom stereocenters. The molecule has 2 aromatic carbocycles. The number of likely N-dealkylation sites (N-methyl/N-ethyl adjacent to an activating group) is 1. The van der Waals surface area contributed by atoms with Crippen molar-refractivity contribution in [2.75, 3.05) is 52.0 Å². The van der Waals surface area contributed by atoms with Gasteiger partial charge in [0, 0.05) is 36.5 Å². The molecule has 9 nitrogen and oxygen atoms in total. The number of amides is 1. The molecule has 3 aromatic rings. The Hall–Kier alpha value is -3.72. The average Bonchev–Trinajstić information content (AvgIpc) is 3.24. The Balaban J connectivity index is 1.53. The summed E-state index contributed by atoms with van der Waals surface area (Å²) in [5, 5.41) is 13.0. The Bertz CT molecular complexity index is 995. The summed E-state index contributed by atoms with van der Waals surface area (Å²) >= 11 is 0. The number of hydrogen-bond donors (Lipinski definition) is 3. The molecular formula is C23H29N5O4. The van der Waals surface area contributed by atoms with E-state index in [1.807, 2.05) is 38.4 Å². The van der Waals surface area contributed by atoms with Crippen molar-refractivity contribution in [2.24, 2.45) is 0 Å². The second-order valence-electron chi connectivity index (χ2n) is 7.39. The van der Waals surface area contributed by atoms with Crippen LogP contribution in [0.4, 0.5) is 11.5 Å². The van der Waals surface area contributed by atoms with E-state index in [4.69, 9.17) is 14.2 Å². The van der Waals surface area contributed by atoms with Gasteiger partial charge in [0.15, 0.2) is 0 Å². The molecule has 170 valence electrons. The number of benzene rings is 2. The van der Waals surface area contributed by atoms with Gasteiger partial charge < -0.3 is 29.7 Å². The van der Waals surface area contributed by atoms with Crippen molar-refractivity contribution in [2.45, 2.75) is 6.61 Å². The third-order valence-corrected chi connectivity index (χ3v) is 4.64. The maximum absolute atomic E-state index is 12.5. The number of hydrogen-bond acceptors (Lipinski definition) is 7. The molecule has 0 saturated heterocycles. The van der Waals surface area contributed by atoms with Crippen LogP contribution in [0.15, 0.2) is 48.5 Å². The third-order valence-electron chi connectivity index (χ3n) is 4.64. The first kappa shape index (κ1) is 23.0. The van der Waals surface area contributed by atoms with Crippen LogP contribution in [0.3, 0.4) is 0 Å². The van der Waals surface area contributed by atoms with Crippen molar-refractivity contribution in [3.63, 3.8) is 0 Å². The van der Waals surface area contributed by atoms with Crippen LogP contribution in [0.2, 0.25) is 0 Å². The molecule has 0 spiro atoms. The zero-order valence-electron chi connectivity index (χ0n) is 18.8. The molecule has 0 bridgehead atoms. The van der Waals surface area contributed by atoms with E-state index in [0.29, 0.717) is 28.8 Å². The molecule has 1 aromatic heterocycles. The Labute approximate surface area is 187 Å². The van der Waals surface area contributed by atoms with Crippen LogP contribution >= 0.6 is 0 Å². The van der Waals surface area contributed by atoms with Gasteiger partial charge in [0.05, 0.1) is 14.2 Å². The van der Waals surface area contributed by atoms with Crippen LogP contribution < -0.4 is 24.8 Å². The van der Waals surface area contributed by atoms with Gasteiger partial charge in [0.1, 0.15) is 23.9 Å². The molecule has 0 fully saturated rings. The van der Waals surface area contributed by atoms with Crippen LogP contribution in [-0.4, -0.2) is 62.4 Å². The first-order valence-corrected chi connectivity index (χ1v) is 10.2. The minimum Gasteiger partial charge on any atom is -0.497 e. The SMILES string of the molecule is COc1cc(COc2cc(NC(=O)c3ccc(NCCN(C)C)cc3)[nH]n2)cc(OC)c1. The molecule has 1 heterocycles. The highest BCUT2D eigenvalue weighted by Gasteiger charge is 2.10. The van der Waals surface area contributed by atoms with E-state index in [1.165, 1.54) is 0 Å². The molecule has 0 aliphatic rings. The highest BCUT2D eigenvalue weighted by atomic mass is 16.5.